The number of aliphatic hydroxyl groups is 2. The van der Waals surface area contributed by atoms with Crippen LogP contribution in [0.2, 0.25) is 0 Å². The lowest BCUT2D eigenvalue weighted by Gasteiger charge is -2.23. The third-order valence-corrected chi connectivity index (χ3v) is 3.68. The molecule has 0 radical (unpaired) electrons. The molecule has 4 atom stereocenters. The van der Waals surface area contributed by atoms with Gasteiger partial charge in [-0.25, -0.2) is 4.79 Å². The van der Waals surface area contributed by atoms with E-state index < -0.39 is 36.8 Å². The van der Waals surface area contributed by atoms with Crippen LogP contribution in [-0.4, -0.2) is 77.1 Å². The first-order valence-corrected chi connectivity index (χ1v) is 7.56. The summed E-state index contributed by atoms with van der Waals surface area (Å²) in [4.78, 5) is 21.1. The standard InChI is InChI=1S/C14H24N4O6/c1-8-6-18(14(21)16-12(8)15)13-11(10(20)9(7-19)24-13)22-4-5-23-17(2)3/h6,9-11,13,19-20H,4-5,7H2,1-3H3,(H2,15,16,21)/t9-,10-,11-,13-/m1/s1. The molecule has 136 valence electrons. The molecule has 10 nitrogen and oxygen atoms in total. The van der Waals surface area contributed by atoms with Crippen LogP contribution in [0.25, 0.3) is 0 Å². The largest absolute Gasteiger partial charge is 0.394 e. The van der Waals surface area contributed by atoms with Crippen LogP contribution in [-0.2, 0) is 14.3 Å². The fraction of sp³-hybridized carbons (Fsp3) is 0.714. The molecule has 0 spiro atoms. The first kappa shape index (κ1) is 18.8. The first-order valence-electron chi connectivity index (χ1n) is 7.56. The summed E-state index contributed by atoms with van der Waals surface area (Å²) in [6, 6.07) is 0. The molecule has 24 heavy (non-hydrogen) atoms. The number of ether oxygens (including phenoxy) is 2. The summed E-state index contributed by atoms with van der Waals surface area (Å²) in [5.74, 6) is 0.130. The number of aromatic nitrogens is 2. The zero-order chi connectivity index (χ0) is 17.9. The van der Waals surface area contributed by atoms with Crippen LogP contribution >= 0.6 is 0 Å². The number of hydroxylamine groups is 2. The minimum absolute atomic E-state index is 0.130. The van der Waals surface area contributed by atoms with Crippen molar-refractivity contribution < 1.29 is 24.5 Å². The third-order valence-electron chi connectivity index (χ3n) is 3.68. The maximum Gasteiger partial charge on any atom is 0.351 e. The van der Waals surface area contributed by atoms with E-state index in [1.807, 2.05) is 0 Å². The van der Waals surface area contributed by atoms with Gasteiger partial charge in [-0.05, 0) is 6.92 Å². The van der Waals surface area contributed by atoms with Gasteiger partial charge in [-0.2, -0.15) is 10.0 Å². The Morgan fingerprint density at radius 3 is 2.79 bits per heavy atom. The molecule has 1 aromatic rings. The number of hydrogen-bond acceptors (Lipinski definition) is 9. The number of nitrogen functional groups attached to an aromatic ring is 1. The van der Waals surface area contributed by atoms with Gasteiger partial charge in [-0.15, -0.1) is 0 Å². The molecule has 0 bridgehead atoms. The average Bonchev–Trinajstić information content (AvgIpc) is 2.83. The minimum Gasteiger partial charge on any atom is -0.394 e. The van der Waals surface area contributed by atoms with Gasteiger partial charge in [-0.1, -0.05) is 0 Å². The quantitative estimate of drug-likeness (QED) is 0.389. The first-order chi connectivity index (χ1) is 11.3. The number of anilines is 1. The molecule has 0 aromatic carbocycles. The van der Waals surface area contributed by atoms with Crippen molar-refractivity contribution in [3.63, 3.8) is 0 Å². The van der Waals surface area contributed by atoms with Gasteiger partial charge >= 0.3 is 5.69 Å². The summed E-state index contributed by atoms with van der Waals surface area (Å²) < 4.78 is 12.4. The zero-order valence-corrected chi connectivity index (χ0v) is 14.0. The fourth-order valence-electron chi connectivity index (χ4n) is 2.44. The van der Waals surface area contributed by atoms with E-state index in [0.29, 0.717) is 5.56 Å². The molecule has 4 N–H and O–H groups in total. The molecule has 0 unspecified atom stereocenters. The second-order valence-electron chi connectivity index (χ2n) is 5.72. The van der Waals surface area contributed by atoms with Crippen LogP contribution in [0.3, 0.4) is 0 Å². The van der Waals surface area contributed by atoms with Crippen LogP contribution in [0.1, 0.15) is 11.8 Å². The highest BCUT2D eigenvalue weighted by molar-refractivity contribution is 5.35. The van der Waals surface area contributed by atoms with Gasteiger partial charge in [0.05, 0.1) is 19.8 Å². The van der Waals surface area contributed by atoms with Gasteiger partial charge in [0, 0.05) is 25.9 Å². The average molecular weight is 344 g/mol. The maximum atomic E-state index is 12.1. The van der Waals surface area contributed by atoms with Crippen molar-refractivity contribution in [2.75, 3.05) is 39.6 Å². The van der Waals surface area contributed by atoms with Crippen molar-refractivity contribution in [1.82, 2.24) is 14.6 Å². The van der Waals surface area contributed by atoms with Gasteiger partial charge in [0.2, 0.25) is 0 Å². The number of aliphatic hydroxyl groups excluding tert-OH is 2. The molecule has 1 aliphatic heterocycles. The second-order valence-corrected chi connectivity index (χ2v) is 5.72. The van der Waals surface area contributed by atoms with Crippen LogP contribution in [0, 0.1) is 6.92 Å². The van der Waals surface area contributed by atoms with Gasteiger partial charge in [-0.3, -0.25) is 9.40 Å². The highest BCUT2D eigenvalue weighted by Gasteiger charge is 2.45. The summed E-state index contributed by atoms with van der Waals surface area (Å²) in [6.07, 6.45) is -2.23. The monoisotopic (exact) mass is 344 g/mol. The molecule has 0 aliphatic carbocycles. The number of hydrogen-bond donors (Lipinski definition) is 3. The van der Waals surface area contributed by atoms with Crippen LogP contribution in [0.5, 0.6) is 0 Å². The Hall–Kier alpha value is -1.56. The SMILES string of the molecule is Cc1cn([C@@H]2O[C@H](CO)[C@@H](O)[C@H]2OCCON(C)C)c(=O)nc1N. The van der Waals surface area contributed by atoms with Crippen LogP contribution in [0.15, 0.2) is 11.0 Å². The minimum atomic E-state index is -1.09. The number of aryl methyl sites for hydroxylation is 1. The van der Waals surface area contributed by atoms with Crippen LogP contribution in [0.4, 0.5) is 5.82 Å². The Bertz CT molecular complexity index is 607. The van der Waals surface area contributed by atoms with E-state index in [1.165, 1.54) is 15.8 Å². The molecular formula is C14H24N4O6. The Morgan fingerprint density at radius 2 is 2.17 bits per heavy atom. The van der Waals surface area contributed by atoms with Crippen molar-refractivity contribution in [2.24, 2.45) is 0 Å². The summed E-state index contributed by atoms with van der Waals surface area (Å²) in [6.45, 7) is 1.74. The van der Waals surface area contributed by atoms with Crippen molar-refractivity contribution in [3.05, 3.63) is 22.2 Å². The Kier molecular flexibility index (Phi) is 6.27. The third kappa shape index (κ3) is 4.09. The fourth-order valence-corrected chi connectivity index (χ4v) is 2.44. The van der Waals surface area contributed by atoms with E-state index >= 15 is 0 Å². The highest BCUT2D eigenvalue weighted by atomic mass is 16.7. The lowest BCUT2D eigenvalue weighted by molar-refractivity contribution is -0.151. The molecule has 2 rings (SSSR count). The lowest BCUT2D eigenvalue weighted by Crippen LogP contribution is -2.39. The summed E-state index contributed by atoms with van der Waals surface area (Å²) in [7, 11) is 3.47. The van der Waals surface area contributed by atoms with E-state index in [4.69, 9.17) is 20.0 Å². The van der Waals surface area contributed by atoms with Crippen molar-refractivity contribution >= 4 is 5.82 Å². The Balaban J connectivity index is 2.19. The molecule has 0 amide bonds. The van der Waals surface area contributed by atoms with Crippen molar-refractivity contribution in [3.8, 4) is 0 Å². The smallest absolute Gasteiger partial charge is 0.351 e. The Morgan fingerprint density at radius 1 is 1.46 bits per heavy atom. The summed E-state index contributed by atoms with van der Waals surface area (Å²) in [5, 5.41) is 21.1. The molecule has 1 aromatic heterocycles. The summed E-state index contributed by atoms with van der Waals surface area (Å²) >= 11 is 0. The van der Waals surface area contributed by atoms with E-state index in [-0.39, 0.29) is 19.0 Å². The normalized spacial score (nSPS) is 27.1. The predicted molar refractivity (Wildman–Crippen MR) is 84.0 cm³/mol. The molecule has 1 fully saturated rings. The lowest BCUT2D eigenvalue weighted by atomic mass is 10.1. The molecule has 0 saturated carbocycles. The molecule has 10 heteroatoms. The zero-order valence-electron chi connectivity index (χ0n) is 14.0. The second kappa shape index (κ2) is 8.01. The molecule has 1 aliphatic rings. The van der Waals surface area contributed by atoms with Crippen molar-refractivity contribution in [2.45, 2.75) is 31.5 Å². The van der Waals surface area contributed by atoms with Crippen LogP contribution < -0.4 is 11.4 Å². The van der Waals surface area contributed by atoms with Gasteiger partial charge in [0.25, 0.3) is 0 Å². The number of nitrogens with zero attached hydrogens (tertiary/aromatic N) is 3. The topological polar surface area (TPSA) is 132 Å². The Labute approximate surface area is 139 Å². The van der Waals surface area contributed by atoms with E-state index in [0.717, 1.165) is 0 Å². The molecular weight excluding hydrogens is 320 g/mol. The number of nitrogens with two attached hydrogens (primary N) is 1. The van der Waals surface area contributed by atoms with Crippen molar-refractivity contribution in [1.29, 1.82) is 0 Å². The van der Waals surface area contributed by atoms with Gasteiger partial charge < -0.3 is 25.4 Å². The van der Waals surface area contributed by atoms with E-state index in [1.54, 1.807) is 21.0 Å². The highest BCUT2D eigenvalue weighted by Crippen LogP contribution is 2.31. The molecule has 2 heterocycles. The predicted octanol–water partition coefficient (Wildman–Crippen LogP) is -1.74. The number of rotatable bonds is 7. The summed E-state index contributed by atoms with van der Waals surface area (Å²) in [5.41, 5.74) is 5.60. The maximum absolute atomic E-state index is 12.1. The van der Waals surface area contributed by atoms with E-state index in [9.17, 15) is 15.0 Å². The van der Waals surface area contributed by atoms with Gasteiger partial charge in [0.1, 0.15) is 24.1 Å². The molecule has 1 saturated heterocycles. The van der Waals surface area contributed by atoms with E-state index in [2.05, 4.69) is 4.98 Å². The van der Waals surface area contributed by atoms with Gasteiger partial charge in [0.15, 0.2) is 6.23 Å².